The van der Waals surface area contributed by atoms with Crippen molar-refractivity contribution >= 4 is 11.9 Å². The maximum atomic E-state index is 12.1. The predicted molar refractivity (Wildman–Crippen MR) is 88.9 cm³/mol. The van der Waals surface area contributed by atoms with Crippen LogP contribution in [0.4, 0.5) is 0 Å². The van der Waals surface area contributed by atoms with Crippen LogP contribution in [0.2, 0.25) is 0 Å². The minimum atomic E-state index is -0.869. The highest BCUT2D eigenvalue weighted by molar-refractivity contribution is 6.08. The van der Waals surface area contributed by atoms with Gasteiger partial charge in [-0.1, -0.05) is 12.1 Å². The summed E-state index contributed by atoms with van der Waals surface area (Å²) in [5.74, 6) is 0.315. The van der Waals surface area contributed by atoms with Gasteiger partial charge in [-0.25, -0.2) is 4.79 Å². The molecule has 0 fully saturated rings. The van der Waals surface area contributed by atoms with Crippen LogP contribution in [0.1, 0.15) is 28.6 Å². The molecular formula is C18H18O6. The molecule has 1 heterocycles. The van der Waals surface area contributed by atoms with Gasteiger partial charge in [-0.3, -0.25) is 4.79 Å². The number of hydrogen-bond donors (Lipinski definition) is 1. The zero-order valence-electron chi connectivity index (χ0n) is 13.7. The fourth-order valence-electron chi connectivity index (χ4n) is 2.14. The Hall–Kier alpha value is -3.02. The molecule has 0 aliphatic rings. The Morgan fingerprint density at radius 1 is 1.29 bits per heavy atom. The highest BCUT2D eigenvalue weighted by Crippen LogP contribution is 2.28. The Morgan fingerprint density at radius 3 is 2.67 bits per heavy atom. The van der Waals surface area contributed by atoms with Crippen molar-refractivity contribution in [3.63, 3.8) is 0 Å². The van der Waals surface area contributed by atoms with Crippen molar-refractivity contribution in [2.75, 3.05) is 13.7 Å². The Balaban J connectivity index is 2.28. The molecule has 126 valence electrons. The van der Waals surface area contributed by atoms with Crippen molar-refractivity contribution in [2.24, 2.45) is 0 Å². The van der Waals surface area contributed by atoms with Gasteiger partial charge in [-0.05, 0) is 37.6 Å². The van der Waals surface area contributed by atoms with Crippen LogP contribution in [0.15, 0.2) is 39.6 Å². The molecule has 0 saturated heterocycles. The lowest BCUT2D eigenvalue weighted by Gasteiger charge is -2.09. The lowest BCUT2D eigenvalue weighted by Crippen LogP contribution is -2.12. The number of ketones is 1. The molecule has 2 aromatic rings. The second kappa shape index (κ2) is 7.50. The second-order valence-electron chi connectivity index (χ2n) is 4.95. The highest BCUT2D eigenvalue weighted by Gasteiger charge is 2.16. The second-order valence-corrected chi connectivity index (χ2v) is 4.95. The first kappa shape index (κ1) is 17.3. The highest BCUT2D eigenvalue weighted by atomic mass is 16.5. The van der Waals surface area contributed by atoms with Crippen molar-refractivity contribution in [2.45, 2.75) is 13.8 Å². The van der Waals surface area contributed by atoms with Gasteiger partial charge >= 0.3 is 5.63 Å². The van der Waals surface area contributed by atoms with Gasteiger partial charge in [0, 0.05) is 6.07 Å². The molecule has 0 aliphatic heterocycles. The van der Waals surface area contributed by atoms with Crippen LogP contribution < -0.4 is 15.1 Å². The number of allylic oxidation sites excluding steroid dienone is 1. The maximum absolute atomic E-state index is 12.1. The van der Waals surface area contributed by atoms with Gasteiger partial charge < -0.3 is 19.0 Å². The van der Waals surface area contributed by atoms with Crippen LogP contribution in [0.25, 0.3) is 6.08 Å². The van der Waals surface area contributed by atoms with Crippen LogP contribution in [-0.4, -0.2) is 24.6 Å². The molecule has 0 unspecified atom stereocenters. The number of aryl methyl sites for hydroxylation is 1. The molecule has 6 nitrogen and oxygen atoms in total. The molecule has 1 N–H and O–H groups in total. The number of benzene rings is 1. The fourth-order valence-corrected chi connectivity index (χ4v) is 2.14. The van der Waals surface area contributed by atoms with Gasteiger partial charge in [0.15, 0.2) is 17.3 Å². The summed E-state index contributed by atoms with van der Waals surface area (Å²) in [7, 11) is 1.52. The van der Waals surface area contributed by atoms with Gasteiger partial charge in [-0.15, -0.1) is 0 Å². The Bertz CT molecular complexity index is 832. The van der Waals surface area contributed by atoms with Crippen molar-refractivity contribution in [1.82, 2.24) is 0 Å². The summed E-state index contributed by atoms with van der Waals surface area (Å²) in [6.07, 6.45) is 2.70. The van der Waals surface area contributed by atoms with Crippen LogP contribution in [-0.2, 0) is 0 Å². The van der Waals surface area contributed by atoms with Crippen LogP contribution in [0, 0.1) is 6.92 Å². The third-order valence-corrected chi connectivity index (χ3v) is 3.22. The van der Waals surface area contributed by atoms with E-state index < -0.39 is 22.7 Å². The van der Waals surface area contributed by atoms with Crippen LogP contribution in [0.3, 0.4) is 0 Å². The molecule has 1 aromatic carbocycles. The summed E-state index contributed by atoms with van der Waals surface area (Å²) in [5.41, 5.74) is -0.583. The summed E-state index contributed by atoms with van der Waals surface area (Å²) in [6.45, 7) is 3.88. The lowest BCUT2D eigenvalue weighted by molar-refractivity contribution is 0.104. The number of carbonyl (C=O) groups is 1. The van der Waals surface area contributed by atoms with Gasteiger partial charge in [0.05, 0.1) is 13.7 Å². The van der Waals surface area contributed by atoms with Gasteiger partial charge in [0.1, 0.15) is 17.1 Å². The third kappa shape index (κ3) is 3.84. The first-order chi connectivity index (χ1) is 11.5. The van der Waals surface area contributed by atoms with Crippen LogP contribution >= 0.6 is 0 Å². The molecule has 1 aromatic heterocycles. The van der Waals surface area contributed by atoms with Crippen LogP contribution in [0.5, 0.6) is 17.2 Å². The standard InChI is InChI=1S/C18H18O6/c1-4-23-15-8-6-12(10-16(15)22-3)5-7-13(19)17-14(20)9-11(2)24-18(17)21/h5-10,20H,4H2,1-3H3/b7-5+. The van der Waals surface area contributed by atoms with E-state index in [1.165, 1.54) is 32.3 Å². The van der Waals surface area contributed by atoms with Gasteiger partial charge in [0.2, 0.25) is 0 Å². The summed E-state index contributed by atoms with van der Waals surface area (Å²) in [5, 5.41) is 9.77. The zero-order chi connectivity index (χ0) is 17.7. The number of carbonyl (C=O) groups excluding carboxylic acids is 1. The van der Waals surface area contributed by atoms with E-state index >= 15 is 0 Å². The van der Waals surface area contributed by atoms with E-state index in [1.54, 1.807) is 18.2 Å². The summed E-state index contributed by atoms with van der Waals surface area (Å²) in [4.78, 5) is 23.8. The summed E-state index contributed by atoms with van der Waals surface area (Å²) in [6, 6.07) is 6.40. The molecule has 6 heteroatoms. The topological polar surface area (TPSA) is 86.0 Å². The number of hydrogen-bond acceptors (Lipinski definition) is 6. The Morgan fingerprint density at radius 2 is 2.04 bits per heavy atom. The fraction of sp³-hybridized carbons (Fsp3) is 0.222. The molecule has 0 amide bonds. The SMILES string of the molecule is CCOc1ccc(/C=C/C(=O)c2c(O)cc(C)oc2=O)cc1OC. The number of methoxy groups -OCH3 is 1. The monoisotopic (exact) mass is 330 g/mol. The average Bonchev–Trinajstić information content (AvgIpc) is 2.53. The minimum absolute atomic E-state index is 0.231. The van der Waals surface area contributed by atoms with Crippen molar-refractivity contribution in [1.29, 1.82) is 0 Å². The molecule has 0 atom stereocenters. The van der Waals surface area contributed by atoms with Gasteiger partial charge in [0.25, 0.3) is 0 Å². The molecule has 0 aliphatic carbocycles. The number of aromatic hydroxyl groups is 1. The van der Waals surface area contributed by atoms with Crippen molar-refractivity contribution in [3.8, 4) is 17.2 Å². The van der Waals surface area contributed by atoms with E-state index in [1.807, 2.05) is 6.92 Å². The Labute approximate surface area is 139 Å². The minimum Gasteiger partial charge on any atom is -0.507 e. The molecule has 24 heavy (non-hydrogen) atoms. The van der Waals surface area contributed by atoms with E-state index in [2.05, 4.69) is 0 Å². The molecular weight excluding hydrogens is 312 g/mol. The van der Waals surface area contributed by atoms with Crippen molar-refractivity contribution < 1.29 is 23.8 Å². The van der Waals surface area contributed by atoms with E-state index in [4.69, 9.17) is 13.9 Å². The van der Waals surface area contributed by atoms with E-state index in [0.29, 0.717) is 23.7 Å². The predicted octanol–water partition coefficient (Wildman–Crippen LogP) is 2.96. The zero-order valence-corrected chi connectivity index (χ0v) is 13.7. The molecule has 0 spiro atoms. The molecule has 2 rings (SSSR count). The smallest absolute Gasteiger partial charge is 0.351 e. The number of rotatable bonds is 6. The Kier molecular flexibility index (Phi) is 5.42. The summed E-state index contributed by atoms with van der Waals surface area (Å²) < 4.78 is 15.5. The number of ether oxygens (including phenoxy) is 2. The lowest BCUT2D eigenvalue weighted by atomic mass is 10.1. The van der Waals surface area contributed by atoms with Crippen molar-refractivity contribution in [3.05, 3.63) is 57.6 Å². The molecule has 0 bridgehead atoms. The first-order valence-electron chi connectivity index (χ1n) is 7.33. The van der Waals surface area contributed by atoms with E-state index in [0.717, 1.165) is 0 Å². The first-order valence-corrected chi connectivity index (χ1v) is 7.33. The molecule has 0 radical (unpaired) electrons. The molecule has 0 saturated carbocycles. The van der Waals surface area contributed by atoms with E-state index in [9.17, 15) is 14.7 Å². The normalized spacial score (nSPS) is 10.8. The quantitative estimate of drug-likeness (QED) is 0.647. The van der Waals surface area contributed by atoms with Gasteiger partial charge in [-0.2, -0.15) is 0 Å². The average molecular weight is 330 g/mol. The summed E-state index contributed by atoms with van der Waals surface area (Å²) >= 11 is 0. The third-order valence-electron chi connectivity index (χ3n) is 3.22. The van der Waals surface area contributed by atoms with E-state index in [-0.39, 0.29) is 5.76 Å². The maximum Gasteiger partial charge on any atom is 0.351 e. The largest absolute Gasteiger partial charge is 0.507 e.